The molecule has 120 valence electrons. The van der Waals surface area contributed by atoms with Gasteiger partial charge in [0, 0.05) is 41.5 Å². The molecule has 2 aromatic heterocycles. The molecule has 5 heteroatoms. The molecule has 0 atom stereocenters. The van der Waals surface area contributed by atoms with E-state index >= 15 is 0 Å². The fraction of sp³-hybridized carbons (Fsp3) is 0.158. The molecule has 0 aliphatic carbocycles. The van der Waals surface area contributed by atoms with Gasteiger partial charge in [-0.05, 0) is 35.4 Å². The van der Waals surface area contributed by atoms with Crippen LogP contribution in [-0.2, 0) is 0 Å². The lowest BCUT2D eigenvalue weighted by Gasteiger charge is -2.09. The zero-order valence-electron chi connectivity index (χ0n) is 13.2. The molecule has 0 fully saturated rings. The molecule has 24 heavy (non-hydrogen) atoms. The van der Waals surface area contributed by atoms with E-state index in [9.17, 15) is 4.39 Å². The Hall–Kier alpha value is -2.95. The molecule has 1 N–H and O–H groups in total. The molecule has 0 bridgehead atoms. The van der Waals surface area contributed by atoms with Crippen LogP contribution in [-0.4, -0.2) is 29.8 Å². The first-order valence-electron chi connectivity index (χ1n) is 7.75. The Morgan fingerprint density at radius 3 is 2.88 bits per heavy atom. The summed E-state index contributed by atoms with van der Waals surface area (Å²) in [7, 11) is 1.55. The molecular weight excluding hydrogens is 305 g/mol. The van der Waals surface area contributed by atoms with Gasteiger partial charge in [-0.25, -0.2) is 9.37 Å². The van der Waals surface area contributed by atoms with Crippen molar-refractivity contribution in [3.8, 4) is 16.9 Å². The van der Waals surface area contributed by atoms with Crippen LogP contribution in [0.4, 0.5) is 4.39 Å². The maximum atomic E-state index is 13.5. The van der Waals surface area contributed by atoms with Crippen LogP contribution in [0.15, 0.2) is 47.6 Å². The summed E-state index contributed by atoms with van der Waals surface area (Å²) in [6, 6.07) is 8.59. The predicted octanol–water partition coefficient (Wildman–Crippen LogP) is 4.24. The highest BCUT2D eigenvalue weighted by molar-refractivity contribution is 5.97. The first-order valence-corrected chi connectivity index (χ1v) is 7.75. The maximum absolute atomic E-state index is 13.5. The number of hydrogen-bond acceptors (Lipinski definition) is 3. The number of nitrogens with one attached hydrogen (secondary N) is 1. The van der Waals surface area contributed by atoms with Gasteiger partial charge in [-0.1, -0.05) is 6.08 Å². The summed E-state index contributed by atoms with van der Waals surface area (Å²) in [5, 5.41) is 0.987. The number of dihydropyridines is 1. The Morgan fingerprint density at radius 1 is 1.17 bits per heavy atom. The van der Waals surface area contributed by atoms with Crippen molar-refractivity contribution in [3.63, 3.8) is 0 Å². The van der Waals surface area contributed by atoms with Gasteiger partial charge in [-0.3, -0.25) is 4.99 Å². The van der Waals surface area contributed by atoms with Gasteiger partial charge < -0.3 is 9.72 Å². The van der Waals surface area contributed by atoms with Gasteiger partial charge in [0.15, 0.2) is 0 Å². The van der Waals surface area contributed by atoms with Crippen molar-refractivity contribution < 1.29 is 9.13 Å². The third-order valence-corrected chi connectivity index (χ3v) is 4.21. The molecule has 4 rings (SSSR count). The van der Waals surface area contributed by atoms with E-state index in [0.29, 0.717) is 12.3 Å². The molecule has 0 saturated heterocycles. The average Bonchev–Trinajstić information content (AvgIpc) is 3.07. The van der Waals surface area contributed by atoms with Crippen molar-refractivity contribution in [2.75, 3.05) is 13.7 Å². The normalized spacial score (nSPS) is 14.0. The second-order valence-electron chi connectivity index (χ2n) is 5.63. The fourth-order valence-electron chi connectivity index (χ4n) is 3.03. The van der Waals surface area contributed by atoms with Crippen LogP contribution in [0.5, 0.6) is 5.75 Å². The molecule has 0 saturated carbocycles. The highest BCUT2D eigenvalue weighted by Gasteiger charge is 2.14. The lowest BCUT2D eigenvalue weighted by Crippen LogP contribution is -1.93. The topological polar surface area (TPSA) is 50.3 Å². The summed E-state index contributed by atoms with van der Waals surface area (Å²) in [4.78, 5) is 12.0. The fourth-order valence-corrected chi connectivity index (χ4v) is 3.03. The van der Waals surface area contributed by atoms with Crippen molar-refractivity contribution in [1.29, 1.82) is 0 Å². The lowest BCUT2D eigenvalue weighted by atomic mass is 10.0. The van der Waals surface area contributed by atoms with Crippen LogP contribution < -0.4 is 4.74 Å². The maximum Gasteiger partial charge on any atom is 0.138 e. The standard InChI is InChI=1S/C19H16FN3O/c1-24-18-10-13(20)2-3-15(18)14-6-9-22-19-16(14)11-17(23-19)12-4-7-21-8-5-12/h2-4,6,8-11H,5,7H2,1H3,(H,22,23). The molecule has 4 nitrogen and oxygen atoms in total. The second-order valence-corrected chi connectivity index (χ2v) is 5.63. The largest absolute Gasteiger partial charge is 0.496 e. The number of rotatable bonds is 3. The Bertz CT molecular complexity index is 972. The van der Waals surface area contributed by atoms with E-state index < -0.39 is 0 Å². The van der Waals surface area contributed by atoms with Crippen LogP contribution >= 0.6 is 0 Å². The number of nitrogens with zero attached hydrogens (tertiary/aromatic N) is 2. The Labute approximate surface area is 138 Å². The van der Waals surface area contributed by atoms with Crippen molar-refractivity contribution in [2.24, 2.45) is 4.99 Å². The summed E-state index contributed by atoms with van der Waals surface area (Å²) >= 11 is 0. The van der Waals surface area contributed by atoms with Crippen molar-refractivity contribution in [2.45, 2.75) is 6.42 Å². The number of H-pyrrole nitrogens is 1. The number of aromatic amines is 1. The molecular formula is C19H16FN3O. The van der Waals surface area contributed by atoms with Crippen molar-refractivity contribution in [3.05, 3.63) is 54.1 Å². The van der Waals surface area contributed by atoms with Gasteiger partial charge in [0.2, 0.25) is 0 Å². The summed E-state index contributed by atoms with van der Waals surface area (Å²) in [5.74, 6) is 0.191. The lowest BCUT2D eigenvalue weighted by molar-refractivity contribution is 0.413. The average molecular weight is 321 g/mol. The van der Waals surface area contributed by atoms with E-state index in [-0.39, 0.29) is 5.82 Å². The number of ether oxygens (including phenoxy) is 1. The van der Waals surface area contributed by atoms with E-state index in [2.05, 4.69) is 27.1 Å². The van der Waals surface area contributed by atoms with Gasteiger partial charge in [0.05, 0.1) is 13.7 Å². The van der Waals surface area contributed by atoms with Gasteiger partial charge in [0.1, 0.15) is 17.2 Å². The SMILES string of the molecule is COc1cc(F)ccc1-c1ccnc2[nH]c(C3=CCN=CC3)cc12. The molecule has 1 aliphatic rings. The molecule has 0 radical (unpaired) electrons. The minimum Gasteiger partial charge on any atom is -0.496 e. The van der Waals surface area contributed by atoms with Crippen LogP contribution in [0.25, 0.3) is 27.7 Å². The van der Waals surface area contributed by atoms with Gasteiger partial charge in [-0.2, -0.15) is 0 Å². The third kappa shape index (κ3) is 2.48. The molecule has 0 spiro atoms. The summed E-state index contributed by atoms with van der Waals surface area (Å²) in [6.45, 7) is 0.705. The number of hydrogen-bond donors (Lipinski definition) is 1. The monoisotopic (exact) mass is 321 g/mol. The van der Waals surface area contributed by atoms with Crippen LogP contribution in [0, 0.1) is 5.82 Å². The molecule has 0 unspecified atom stereocenters. The molecule has 0 amide bonds. The van der Waals surface area contributed by atoms with Crippen molar-refractivity contribution >= 4 is 22.8 Å². The number of halogens is 1. The molecule has 3 aromatic rings. The highest BCUT2D eigenvalue weighted by Crippen LogP contribution is 2.36. The minimum absolute atomic E-state index is 0.317. The Balaban J connectivity index is 1.88. The number of fused-ring (bicyclic) bond motifs is 1. The number of aromatic nitrogens is 2. The number of allylic oxidation sites excluding steroid dienone is 1. The van der Waals surface area contributed by atoms with Crippen LogP contribution in [0.1, 0.15) is 12.1 Å². The van der Waals surface area contributed by atoms with Gasteiger partial charge in [-0.15, -0.1) is 0 Å². The third-order valence-electron chi connectivity index (χ3n) is 4.21. The number of aliphatic imine (C=N–C) groups is 1. The number of benzene rings is 1. The van der Waals surface area contributed by atoms with Crippen molar-refractivity contribution in [1.82, 2.24) is 9.97 Å². The summed E-state index contributed by atoms with van der Waals surface area (Å²) < 4.78 is 18.8. The highest BCUT2D eigenvalue weighted by atomic mass is 19.1. The van der Waals surface area contributed by atoms with E-state index in [0.717, 1.165) is 34.3 Å². The zero-order chi connectivity index (χ0) is 16.5. The first kappa shape index (κ1) is 14.6. The first-order chi connectivity index (χ1) is 11.8. The minimum atomic E-state index is -0.317. The van der Waals surface area contributed by atoms with E-state index in [1.165, 1.54) is 17.7 Å². The van der Waals surface area contributed by atoms with Crippen LogP contribution in [0.3, 0.4) is 0 Å². The molecule has 3 heterocycles. The summed E-state index contributed by atoms with van der Waals surface area (Å²) in [5.41, 5.74) is 4.86. The summed E-state index contributed by atoms with van der Waals surface area (Å²) in [6.07, 6.45) is 6.60. The smallest absolute Gasteiger partial charge is 0.138 e. The van der Waals surface area contributed by atoms with E-state index in [4.69, 9.17) is 4.74 Å². The second kappa shape index (κ2) is 5.92. The van der Waals surface area contributed by atoms with Gasteiger partial charge in [0.25, 0.3) is 0 Å². The molecule has 1 aromatic carbocycles. The Morgan fingerprint density at radius 2 is 2.08 bits per heavy atom. The quantitative estimate of drug-likeness (QED) is 0.784. The Kier molecular flexibility index (Phi) is 3.61. The zero-order valence-corrected chi connectivity index (χ0v) is 13.2. The van der Waals surface area contributed by atoms with E-state index in [1.54, 1.807) is 19.4 Å². The van der Waals surface area contributed by atoms with E-state index in [1.807, 2.05) is 12.3 Å². The number of methoxy groups -OCH3 is 1. The van der Waals surface area contributed by atoms with Gasteiger partial charge >= 0.3 is 0 Å². The predicted molar refractivity (Wildman–Crippen MR) is 94.0 cm³/mol. The number of pyridine rings is 1. The van der Waals surface area contributed by atoms with Crippen LogP contribution in [0.2, 0.25) is 0 Å². The molecule has 1 aliphatic heterocycles.